The highest BCUT2D eigenvalue weighted by Gasteiger charge is 2.23. The molecule has 0 spiro atoms. The molecule has 0 amide bonds. The Morgan fingerprint density at radius 1 is 0.710 bits per heavy atom. The quantitative estimate of drug-likeness (QED) is 0.237. The topological polar surface area (TPSA) is 54.0 Å². The van der Waals surface area contributed by atoms with Crippen LogP contribution in [-0.2, 0) is 11.3 Å². The summed E-state index contributed by atoms with van der Waals surface area (Å²) in [5, 5.41) is 0. The number of carbonyl (C=O) groups is 1. The number of rotatable bonds is 15. The summed E-state index contributed by atoms with van der Waals surface area (Å²) < 4.78 is 23.6. The summed E-state index contributed by atoms with van der Waals surface area (Å²) in [5.41, 5.74) is 1.30. The molecule has 0 aromatic heterocycles. The fourth-order valence-corrected chi connectivity index (χ4v) is 2.86. The Labute approximate surface area is 186 Å². The number of carbonyl (C=O) groups excluding carboxylic acids is 1. The Bertz CT molecular complexity index is 773. The molecule has 0 saturated heterocycles. The van der Waals surface area contributed by atoms with E-state index in [4.69, 9.17) is 18.9 Å². The van der Waals surface area contributed by atoms with Crippen LogP contribution in [0.3, 0.4) is 0 Å². The van der Waals surface area contributed by atoms with Crippen LogP contribution in [0.15, 0.2) is 42.5 Å². The van der Waals surface area contributed by atoms with Crippen LogP contribution in [0.4, 0.5) is 0 Å². The first-order valence-corrected chi connectivity index (χ1v) is 11.5. The summed E-state index contributed by atoms with van der Waals surface area (Å²) in [6.45, 7) is 8.15. The molecule has 0 bridgehead atoms. The molecule has 170 valence electrons. The summed E-state index contributed by atoms with van der Waals surface area (Å²) in [7, 11) is 0. The molecule has 2 aromatic carbocycles. The van der Waals surface area contributed by atoms with Crippen LogP contribution in [0.1, 0.15) is 75.2 Å². The average Bonchev–Trinajstić information content (AvgIpc) is 2.80. The molecule has 31 heavy (non-hydrogen) atoms. The van der Waals surface area contributed by atoms with E-state index in [-0.39, 0.29) is 6.61 Å². The van der Waals surface area contributed by atoms with Gasteiger partial charge in [0.05, 0.1) is 19.8 Å². The van der Waals surface area contributed by atoms with Crippen LogP contribution < -0.4 is 14.2 Å². The molecule has 0 atom stereocenters. The van der Waals surface area contributed by atoms with Gasteiger partial charge in [-0.3, -0.25) is 0 Å². The predicted molar refractivity (Wildman–Crippen MR) is 123 cm³/mol. The summed E-state index contributed by atoms with van der Waals surface area (Å²) >= 11 is 0. The molecule has 0 N–H and O–H groups in total. The van der Waals surface area contributed by atoms with E-state index in [0.29, 0.717) is 42.6 Å². The van der Waals surface area contributed by atoms with Gasteiger partial charge in [0.15, 0.2) is 11.5 Å². The van der Waals surface area contributed by atoms with Gasteiger partial charge in [0, 0.05) is 0 Å². The van der Waals surface area contributed by atoms with Gasteiger partial charge in [-0.05, 0) is 37.0 Å². The Hall–Kier alpha value is -2.69. The maximum absolute atomic E-state index is 12.9. The first-order chi connectivity index (χ1) is 15.2. The molecule has 5 nitrogen and oxygen atoms in total. The average molecular weight is 429 g/mol. The lowest BCUT2D eigenvalue weighted by atomic mass is 10.1. The van der Waals surface area contributed by atoms with Crippen molar-refractivity contribution in [2.75, 3.05) is 19.8 Å². The lowest BCUT2D eigenvalue weighted by Crippen LogP contribution is -2.12. The van der Waals surface area contributed by atoms with Crippen molar-refractivity contribution >= 4 is 5.97 Å². The fraction of sp³-hybridized carbons (Fsp3) is 0.500. The standard InChI is InChI=1S/C26H36O5/c1-4-7-17-28-23-16-15-22(26(27)31-20-21-13-11-10-12-14-21)24(29-18-8-5-2)25(23)30-19-9-6-3/h10-16H,4-9,17-20H2,1-3H3. The van der Waals surface area contributed by atoms with E-state index in [2.05, 4.69) is 20.8 Å². The number of hydrogen-bond acceptors (Lipinski definition) is 5. The molecule has 0 radical (unpaired) electrons. The highest BCUT2D eigenvalue weighted by molar-refractivity contribution is 5.94. The van der Waals surface area contributed by atoms with E-state index in [0.717, 1.165) is 44.1 Å². The second kappa shape index (κ2) is 14.3. The minimum absolute atomic E-state index is 0.203. The molecule has 0 aliphatic rings. The van der Waals surface area contributed by atoms with Crippen molar-refractivity contribution < 1.29 is 23.7 Å². The van der Waals surface area contributed by atoms with Gasteiger partial charge in [-0.15, -0.1) is 0 Å². The maximum atomic E-state index is 12.9. The minimum atomic E-state index is -0.434. The zero-order valence-electron chi connectivity index (χ0n) is 19.2. The highest BCUT2D eigenvalue weighted by atomic mass is 16.6. The predicted octanol–water partition coefficient (Wildman–Crippen LogP) is 6.58. The smallest absolute Gasteiger partial charge is 0.342 e. The monoisotopic (exact) mass is 428 g/mol. The molecule has 2 rings (SSSR count). The molecular weight excluding hydrogens is 392 g/mol. The molecule has 0 fully saturated rings. The number of ether oxygens (including phenoxy) is 4. The lowest BCUT2D eigenvalue weighted by molar-refractivity contribution is 0.0466. The van der Waals surface area contributed by atoms with Crippen molar-refractivity contribution in [3.63, 3.8) is 0 Å². The summed E-state index contributed by atoms with van der Waals surface area (Å²) in [6, 6.07) is 13.1. The van der Waals surface area contributed by atoms with E-state index in [1.54, 1.807) is 12.1 Å². The molecule has 0 unspecified atom stereocenters. The summed E-state index contributed by atoms with van der Waals surface area (Å²) in [4.78, 5) is 12.9. The highest BCUT2D eigenvalue weighted by Crippen LogP contribution is 2.41. The number of esters is 1. The Morgan fingerprint density at radius 3 is 1.90 bits per heavy atom. The molecule has 0 saturated carbocycles. The van der Waals surface area contributed by atoms with Gasteiger partial charge < -0.3 is 18.9 Å². The maximum Gasteiger partial charge on any atom is 0.342 e. The zero-order chi connectivity index (χ0) is 22.3. The molecule has 0 heterocycles. The normalized spacial score (nSPS) is 10.5. The van der Waals surface area contributed by atoms with E-state index in [9.17, 15) is 4.79 Å². The van der Waals surface area contributed by atoms with E-state index in [1.807, 2.05) is 30.3 Å². The van der Waals surface area contributed by atoms with Gasteiger partial charge in [-0.1, -0.05) is 70.4 Å². The van der Waals surface area contributed by atoms with Crippen molar-refractivity contribution in [3.8, 4) is 17.2 Å². The van der Waals surface area contributed by atoms with E-state index in [1.165, 1.54) is 0 Å². The fourth-order valence-electron chi connectivity index (χ4n) is 2.86. The number of unbranched alkanes of at least 4 members (excludes halogenated alkanes) is 3. The number of benzene rings is 2. The van der Waals surface area contributed by atoms with Crippen LogP contribution >= 0.6 is 0 Å². The third-order valence-electron chi connectivity index (χ3n) is 4.75. The van der Waals surface area contributed by atoms with Crippen LogP contribution in [-0.4, -0.2) is 25.8 Å². The zero-order valence-corrected chi connectivity index (χ0v) is 19.2. The Balaban J connectivity index is 2.29. The van der Waals surface area contributed by atoms with Crippen LogP contribution in [0.5, 0.6) is 17.2 Å². The van der Waals surface area contributed by atoms with Gasteiger partial charge in [0.25, 0.3) is 0 Å². The largest absolute Gasteiger partial charge is 0.490 e. The van der Waals surface area contributed by atoms with Crippen molar-refractivity contribution in [1.29, 1.82) is 0 Å². The summed E-state index contributed by atoms with van der Waals surface area (Å²) in [6.07, 6.45) is 5.78. The molecule has 0 aliphatic heterocycles. The third kappa shape index (κ3) is 8.16. The number of hydrogen-bond donors (Lipinski definition) is 0. The lowest BCUT2D eigenvalue weighted by Gasteiger charge is -2.19. The SMILES string of the molecule is CCCCOc1ccc(C(=O)OCc2ccccc2)c(OCCCC)c1OCCCC. The van der Waals surface area contributed by atoms with E-state index >= 15 is 0 Å². The second-order valence-electron chi connectivity index (χ2n) is 7.44. The van der Waals surface area contributed by atoms with E-state index < -0.39 is 5.97 Å². The van der Waals surface area contributed by atoms with Gasteiger partial charge in [0.1, 0.15) is 12.2 Å². The van der Waals surface area contributed by atoms with Gasteiger partial charge >= 0.3 is 5.97 Å². The molecule has 2 aromatic rings. The van der Waals surface area contributed by atoms with Crippen LogP contribution in [0.2, 0.25) is 0 Å². The first-order valence-electron chi connectivity index (χ1n) is 11.5. The van der Waals surface area contributed by atoms with Crippen molar-refractivity contribution in [2.45, 2.75) is 65.9 Å². The molecular formula is C26H36O5. The van der Waals surface area contributed by atoms with Crippen molar-refractivity contribution in [1.82, 2.24) is 0 Å². The van der Waals surface area contributed by atoms with Crippen molar-refractivity contribution in [3.05, 3.63) is 53.6 Å². The van der Waals surface area contributed by atoms with Crippen molar-refractivity contribution in [2.24, 2.45) is 0 Å². The third-order valence-corrected chi connectivity index (χ3v) is 4.75. The van der Waals surface area contributed by atoms with Crippen LogP contribution in [0.25, 0.3) is 0 Å². The minimum Gasteiger partial charge on any atom is -0.490 e. The second-order valence-corrected chi connectivity index (χ2v) is 7.44. The molecule has 5 heteroatoms. The van der Waals surface area contributed by atoms with Crippen LogP contribution in [0, 0.1) is 0 Å². The van der Waals surface area contributed by atoms with Gasteiger partial charge in [-0.2, -0.15) is 0 Å². The van der Waals surface area contributed by atoms with Gasteiger partial charge in [-0.25, -0.2) is 4.79 Å². The first kappa shape index (κ1) is 24.6. The molecule has 0 aliphatic carbocycles. The Morgan fingerprint density at radius 2 is 1.29 bits per heavy atom. The Kier molecular flexibility index (Phi) is 11.4. The summed E-state index contributed by atoms with van der Waals surface area (Å²) in [5.74, 6) is 1.08. The van der Waals surface area contributed by atoms with Gasteiger partial charge in [0.2, 0.25) is 5.75 Å².